The van der Waals surface area contributed by atoms with Gasteiger partial charge in [0.15, 0.2) is 0 Å². The molecular formula is C42H46IrN2-2. The predicted octanol–water partition coefficient (Wildman–Crippen LogP) is 10.9. The fourth-order valence-corrected chi connectivity index (χ4v) is 7.17. The molecule has 2 aliphatic carbocycles. The third-order valence-corrected chi connectivity index (χ3v) is 10.4. The van der Waals surface area contributed by atoms with Crippen LogP contribution in [-0.2, 0) is 41.8 Å². The molecule has 0 saturated carbocycles. The SMILES string of the molecule is CC1(C)CCC(C)(C)c2cc(-c3nccc4cc5c(cc34)C(C)(C)CCC5(C)C)[c-]cc21.[Ir].[c-]1ccccc1-c1ccccn1. The minimum atomic E-state index is 0. The molecule has 45 heavy (non-hydrogen) atoms. The average Bonchev–Trinajstić information content (AvgIpc) is 3.02. The molecule has 0 amide bonds. The molecule has 0 N–H and O–H groups in total. The summed E-state index contributed by atoms with van der Waals surface area (Å²) in [6.07, 6.45) is 8.67. The second kappa shape index (κ2) is 12.2. The van der Waals surface area contributed by atoms with Crippen molar-refractivity contribution in [2.24, 2.45) is 0 Å². The number of pyridine rings is 2. The average molecular weight is 771 g/mol. The number of nitrogens with zero attached hydrogens (tertiary/aromatic N) is 2. The van der Waals surface area contributed by atoms with Crippen LogP contribution in [0.1, 0.15) is 103 Å². The molecule has 0 saturated heterocycles. The Labute approximate surface area is 284 Å². The molecule has 0 fully saturated rings. The van der Waals surface area contributed by atoms with Crippen LogP contribution >= 0.6 is 0 Å². The molecular weight excluding hydrogens is 725 g/mol. The Morgan fingerprint density at radius 3 is 1.76 bits per heavy atom. The first kappa shape index (κ1) is 33.2. The van der Waals surface area contributed by atoms with Crippen molar-refractivity contribution in [2.75, 3.05) is 0 Å². The van der Waals surface area contributed by atoms with E-state index in [0.717, 1.165) is 22.5 Å². The Hall–Kier alpha value is -3.13. The van der Waals surface area contributed by atoms with Gasteiger partial charge in [-0.15, -0.1) is 70.8 Å². The molecule has 3 heteroatoms. The maximum atomic E-state index is 4.91. The summed E-state index contributed by atoms with van der Waals surface area (Å²) in [5.41, 5.74) is 11.0. The van der Waals surface area contributed by atoms with Gasteiger partial charge in [-0.05, 0) is 86.3 Å². The zero-order valence-corrected chi connectivity index (χ0v) is 30.5. The van der Waals surface area contributed by atoms with E-state index in [1.54, 1.807) is 6.20 Å². The van der Waals surface area contributed by atoms with Crippen molar-refractivity contribution in [2.45, 2.75) is 103 Å². The number of rotatable bonds is 2. The normalized spacial score (nSPS) is 18.4. The van der Waals surface area contributed by atoms with Gasteiger partial charge in [0.05, 0.1) is 0 Å². The van der Waals surface area contributed by atoms with Gasteiger partial charge in [-0.1, -0.05) is 86.1 Å². The van der Waals surface area contributed by atoms with Crippen LogP contribution in [0.2, 0.25) is 0 Å². The fraction of sp³-hybridized carbons (Fsp3) is 0.381. The van der Waals surface area contributed by atoms with E-state index in [4.69, 9.17) is 4.98 Å². The topological polar surface area (TPSA) is 25.8 Å². The van der Waals surface area contributed by atoms with Gasteiger partial charge < -0.3 is 9.97 Å². The molecule has 3 aromatic carbocycles. The summed E-state index contributed by atoms with van der Waals surface area (Å²) < 4.78 is 0. The number of benzene rings is 3. The van der Waals surface area contributed by atoms with Crippen molar-refractivity contribution in [3.05, 3.63) is 120 Å². The van der Waals surface area contributed by atoms with Crippen molar-refractivity contribution >= 4 is 10.8 Å². The van der Waals surface area contributed by atoms with Crippen LogP contribution in [0.4, 0.5) is 0 Å². The van der Waals surface area contributed by atoms with Crippen molar-refractivity contribution < 1.29 is 20.1 Å². The molecule has 2 heterocycles. The number of hydrogen-bond acceptors (Lipinski definition) is 2. The van der Waals surface area contributed by atoms with E-state index >= 15 is 0 Å². The third-order valence-electron chi connectivity index (χ3n) is 10.4. The molecule has 235 valence electrons. The van der Waals surface area contributed by atoms with Crippen LogP contribution in [0.25, 0.3) is 33.3 Å². The Morgan fingerprint density at radius 2 is 1.16 bits per heavy atom. The van der Waals surface area contributed by atoms with E-state index in [0.29, 0.717) is 0 Å². The summed E-state index contributed by atoms with van der Waals surface area (Å²) in [5.74, 6) is 0. The van der Waals surface area contributed by atoms with Crippen LogP contribution in [-0.4, -0.2) is 9.97 Å². The molecule has 0 unspecified atom stereocenters. The summed E-state index contributed by atoms with van der Waals surface area (Å²) in [6.45, 7) is 19.1. The molecule has 7 rings (SSSR count). The van der Waals surface area contributed by atoms with E-state index in [1.165, 1.54) is 58.7 Å². The minimum absolute atomic E-state index is 0. The summed E-state index contributed by atoms with van der Waals surface area (Å²) >= 11 is 0. The molecule has 1 radical (unpaired) electrons. The van der Waals surface area contributed by atoms with Gasteiger partial charge in [0.25, 0.3) is 0 Å². The quantitative estimate of drug-likeness (QED) is 0.167. The minimum Gasteiger partial charge on any atom is -0.305 e. The van der Waals surface area contributed by atoms with Gasteiger partial charge in [0, 0.05) is 32.5 Å². The van der Waals surface area contributed by atoms with Crippen LogP contribution in [0.3, 0.4) is 0 Å². The molecule has 0 spiro atoms. The van der Waals surface area contributed by atoms with Crippen molar-refractivity contribution in [1.29, 1.82) is 0 Å². The fourth-order valence-electron chi connectivity index (χ4n) is 7.17. The van der Waals surface area contributed by atoms with E-state index in [-0.39, 0.29) is 41.8 Å². The van der Waals surface area contributed by atoms with Crippen molar-refractivity contribution in [3.8, 4) is 22.5 Å². The monoisotopic (exact) mass is 771 g/mol. The van der Waals surface area contributed by atoms with Crippen LogP contribution in [0, 0.1) is 12.1 Å². The first-order chi connectivity index (χ1) is 20.8. The van der Waals surface area contributed by atoms with E-state index in [2.05, 4.69) is 103 Å². The Morgan fingerprint density at radius 1 is 0.556 bits per heavy atom. The predicted molar refractivity (Wildman–Crippen MR) is 185 cm³/mol. The first-order valence-corrected chi connectivity index (χ1v) is 16.2. The Balaban J connectivity index is 0.000000258. The molecule has 0 atom stereocenters. The van der Waals surface area contributed by atoms with Gasteiger partial charge in [-0.2, -0.15) is 0 Å². The molecule has 5 aromatic rings. The van der Waals surface area contributed by atoms with Crippen molar-refractivity contribution in [1.82, 2.24) is 9.97 Å². The third kappa shape index (κ3) is 6.45. The molecule has 0 aliphatic heterocycles. The second-order valence-electron chi connectivity index (χ2n) is 15.5. The van der Waals surface area contributed by atoms with Gasteiger partial charge in [0.1, 0.15) is 0 Å². The smallest absolute Gasteiger partial charge is 0.0167 e. The maximum Gasteiger partial charge on any atom is 0.0167 e. The molecule has 2 nitrogen and oxygen atoms in total. The maximum absolute atomic E-state index is 4.91. The van der Waals surface area contributed by atoms with Crippen LogP contribution in [0.5, 0.6) is 0 Å². The molecule has 2 aliphatic rings. The second-order valence-corrected chi connectivity index (χ2v) is 15.5. The summed E-state index contributed by atoms with van der Waals surface area (Å²) in [5, 5.41) is 2.56. The van der Waals surface area contributed by atoms with Gasteiger partial charge in [-0.3, -0.25) is 0 Å². The zero-order valence-electron chi connectivity index (χ0n) is 28.1. The van der Waals surface area contributed by atoms with Crippen LogP contribution < -0.4 is 0 Å². The Kier molecular flexibility index (Phi) is 9.04. The summed E-state index contributed by atoms with van der Waals surface area (Å²) in [4.78, 5) is 9.13. The number of fused-ring (bicyclic) bond motifs is 3. The van der Waals surface area contributed by atoms with E-state index < -0.39 is 0 Å². The van der Waals surface area contributed by atoms with Gasteiger partial charge >= 0.3 is 0 Å². The molecule has 2 aromatic heterocycles. The van der Waals surface area contributed by atoms with Gasteiger partial charge in [-0.25, -0.2) is 0 Å². The van der Waals surface area contributed by atoms with E-state index in [1.807, 2.05) is 48.7 Å². The zero-order chi connectivity index (χ0) is 31.3. The number of aromatic nitrogens is 2. The largest absolute Gasteiger partial charge is 0.305 e. The van der Waals surface area contributed by atoms with Crippen molar-refractivity contribution in [3.63, 3.8) is 0 Å². The van der Waals surface area contributed by atoms with E-state index in [9.17, 15) is 0 Å². The standard InChI is InChI=1S/C31H38N.C11H8N.Ir/c1-28(2)12-13-29(3,4)24-18-21(9-10-23(24)28)27-22-19-26-25(17-20(22)11-16-32-27)30(5,6)14-15-31(26,7)8;1-2-6-10(7-3-1)11-8-4-5-9-12-11;/h10-11,16-19H,12-15H2,1-8H3;1-6,8-9H;/q2*-1;. The van der Waals surface area contributed by atoms with Gasteiger partial charge in [0.2, 0.25) is 0 Å². The van der Waals surface area contributed by atoms with Crippen LogP contribution in [0.15, 0.2) is 85.2 Å². The Bertz CT molecular complexity index is 1760. The first-order valence-electron chi connectivity index (χ1n) is 16.2. The number of hydrogen-bond donors (Lipinski definition) is 0. The molecule has 0 bridgehead atoms. The summed E-state index contributed by atoms with van der Waals surface area (Å²) in [7, 11) is 0. The summed E-state index contributed by atoms with van der Waals surface area (Å²) in [6, 6.07) is 32.2.